The van der Waals surface area contributed by atoms with Crippen molar-refractivity contribution < 1.29 is 4.74 Å². The standard InChI is InChI=1S/C10H18ClNO/c1-9(7-11)6-10(8-12)2-4-13-5-3-10/h7H,2-6,8,12H2,1H3/b9-7+. The molecule has 1 aliphatic rings. The van der Waals surface area contributed by atoms with Crippen molar-refractivity contribution in [2.24, 2.45) is 11.1 Å². The minimum Gasteiger partial charge on any atom is -0.381 e. The van der Waals surface area contributed by atoms with Crippen molar-refractivity contribution in [2.45, 2.75) is 26.2 Å². The number of nitrogens with two attached hydrogens (primary N) is 1. The van der Waals surface area contributed by atoms with Gasteiger partial charge in [-0.2, -0.15) is 0 Å². The largest absolute Gasteiger partial charge is 0.381 e. The first-order valence-electron chi connectivity index (χ1n) is 4.76. The molecule has 0 bridgehead atoms. The van der Waals surface area contributed by atoms with Gasteiger partial charge in [-0.3, -0.25) is 0 Å². The smallest absolute Gasteiger partial charge is 0.0471 e. The van der Waals surface area contributed by atoms with Crippen molar-refractivity contribution in [3.05, 3.63) is 11.1 Å². The average molecular weight is 204 g/mol. The maximum atomic E-state index is 5.82. The van der Waals surface area contributed by atoms with Gasteiger partial charge in [-0.25, -0.2) is 0 Å². The highest BCUT2D eigenvalue weighted by Crippen LogP contribution is 2.35. The van der Waals surface area contributed by atoms with Crippen LogP contribution in [-0.4, -0.2) is 19.8 Å². The van der Waals surface area contributed by atoms with E-state index in [0.29, 0.717) is 0 Å². The summed E-state index contributed by atoms with van der Waals surface area (Å²) >= 11 is 5.66. The quantitative estimate of drug-likeness (QED) is 0.764. The molecule has 2 nitrogen and oxygen atoms in total. The molecule has 1 heterocycles. The summed E-state index contributed by atoms with van der Waals surface area (Å²) in [6, 6.07) is 0. The highest BCUT2D eigenvalue weighted by Gasteiger charge is 2.31. The fraction of sp³-hybridized carbons (Fsp3) is 0.800. The molecule has 0 aromatic heterocycles. The summed E-state index contributed by atoms with van der Waals surface area (Å²) in [4.78, 5) is 0. The molecule has 0 aromatic rings. The normalized spacial score (nSPS) is 23.2. The Morgan fingerprint density at radius 3 is 2.62 bits per heavy atom. The predicted molar refractivity (Wildman–Crippen MR) is 55.8 cm³/mol. The van der Waals surface area contributed by atoms with Gasteiger partial charge in [0.1, 0.15) is 0 Å². The van der Waals surface area contributed by atoms with Crippen LogP contribution in [0.2, 0.25) is 0 Å². The molecule has 1 aliphatic heterocycles. The molecule has 0 spiro atoms. The number of hydrogen-bond acceptors (Lipinski definition) is 2. The first-order valence-corrected chi connectivity index (χ1v) is 5.20. The molecule has 0 aliphatic carbocycles. The van der Waals surface area contributed by atoms with Crippen molar-refractivity contribution >= 4 is 11.6 Å². The molecule has 0 saturated carbocycles. The molecule has 76 valence electrons. The van der Waals surface area contributed by atoms with Gasteiger partial charge in [0, 0.05) is 18.7 Å². The molecule has 1 saturated heterocycles. The number of rotatable bonds is 3. The molecule has 13 heavy (non-hydrogen) atoms. The monoisotopic (exact) mass is 203 g/mol. The molecule has 1 rings (SSSR count). The lowest BCUT2D eigenvalue weighted by molar-refractivity contribution is 0.0192. The third-order valence-corrected chi connectivity index (χ3v) is 3.20. The Hall–Kier alpha value is -0.0500. The second kappa shape index (κ2) is 4.99. The van der Waals surface area contributed by atoms with Gasteiger partial charge >= 0.3 is 0 Å². The van der Waals surface area contributed by atoms with Crippen LogP contribution in [0, 0.1) is 5.41 Å². The van der Waals surface area contributed by atoms with Crippen LogP contribution < -0.4 is 5.73 Å². The zero-order valence-corrected chi connectivity index (χ0v) is 8.94. The third kappa shape index (κ3) is 2.97. The van der Waals surface area contributed by atoms with Gasteiger partial charge in [0.15, 0.2) is 0 Å². The van der Waals surface area contributed by atoms with E-state index in [1.807, 2.05) is 0 Å². The van der Waals surface area contributed by atoms with Crippen LogP contribution in [0.5, 0.6) is 0 Å². The van der Waals surface area contributed by atoms with E-state index in [-0.39, 0.29) is 5.41 Å². The fourth-order valence-electron chi connectivity index (χ4n) is 1.89. The summed E-state index contributed by atoms with van der Waals surface area (Å²) in [5.74, 6) is 0. The van der Waals surface area contributed by atoms with E-state index in [4.69, 9.17) is 22.1 Å². The van der Waals surface area contributed by atoms with Crippen LogP contribution in [0.3, 0.4) is 0 Å². The zero-order chi connectivity index (χ0) is 9.73. The highest BCUT2D eigenvalue weighted by atomic mass is 35.5. The number of hydrogen-bond donors (Lipinski definition) is 1. The lowest BCUT2D eigenvalue weighted by Gasteiger charge is -2.36. The van der Waals surface area contributed by atoms with Crippen molar-refractivity contribution in [1.29, 1.82) is 0 Å². The molecule has 2 N–H and O–H groups in total. The van der Waals surface area contributed by atoms with Crippen LogP contribution in [-0.2, 0) is 4.74 Å². The maximum Gasteiger partial charge on any atom is 0.0471 e. The second-order valence-electron chi connectivity index (χ2n) is 3.95. The van der Waals surface area contributed by atoms with Crippen LogP contribution in [0.1, 0.15) is 26.2 Å². The molecule has 1 fully saturated rings. The van der Waals surface area contributed by atoms with E-state index in [1.54, 1.807) is 5.54 Å². The van der Waals surface area contributed by atoms with Crippen LogP contribution in [0.25, 0.3) is 0 Å². The molecule has 0 atom stereocenters. The molecular formula is C10H18ClNO. The zero-order valence-electron chi connectivity index (χ0n) is 8.18. The molecule has 0 amide bonds. The average Bonchev–Trinajstić information content (AvgIpc) is 2.19. The van der Waals surface area contributed by atoms with Crippen molar-refractivity contribution in [2.75, 3.05) is 19.8 Å². The summed E-state index contributed by atoms with van der Waals surface area (Å²) in [5, 5.41) is 0. The van der Waals surface area contributed by atoms with Crippen LogP contribution in [0.15, 0.2) is 11.1 Å². The van der Waals surface area contributed by atoms with Crippen molar-refractivity contribution in [3.8, 4) is 0 Å². The molecule has 0 unspecified atom stereocenters. The van der Waals surface area contributed by atoms with Gasteiger partial charge in [-0.1, -0.05) is 17.2 Å². The van der Waals surface area contributed by atoms with Crippen LogP contribution >= 0.6 is 11.6 Å². The van der Waals surface area contributed by atoms with E-state index >= 15 is 0 Å². The van der Waals surface area contributed by atoms with Gasteiger partial charge in [0.2, 0.25) is 0 Å². The van der Waals surface area contributed by atoms with Crippen molar-refractivity contribution in [3.63, 3.8) is 0 Å². The van der Waals surface area contributed by atoms with Crippen LogP contribution in [0.4, 0.5) is 0 Å². The Bertz CT molecular complexity index is 185. The Morgan fingerprint density at radius 2 is 2.15 bits per heavy atom. The Labute approximate surface area is 85.1 Å². The fourth-order valence-corrected chi connectivity index (χ4v) is 1.96. The molecule has 0 radical (unpaired) electrons. The number of allylic oxidation sites excluding steroid dienone is 1. The lowest BCUT2D eigenvalue weighted by Crippen LogP contribution is -2.36. The van der Waals surface area contributed by atoms with Gasteiger partial charge in [-0.05, 0) is 38.1 Å². The summed E-state index contributed by atoms with van der Waals surface area (Å²) < 4.78 is 5.33. The van der Waals surface area contributed by atoms with Gasteiger partial charge in [0.05, 0.1) is 0 Å². The van der Waals surface area contributed by atoms with Gasteiger partial charge < -0.3 is 10.5 Å². The molecule has 3 heteroatoms. The Morgan fingerprint density at radius 1 is 1.54 bits per heavy atom. The van der Waals surface area contributed by atoms with E-state index in [0.717, 1.165) is 39.0 Å². The van der Waals surface area contributed by atoms with E-state index in [9.17, 15) is 0 Å². The van der Waals surface area contributed by atoms with E-state index in [1.165, 1.54) is 5.57 Å². The Balaban J connectivity index is 2.57. The number of ether oxygens (including phenoxy) is 1. The van der Waals surface area contributed by atoms with Gasteiger partial charge in [-0.15, -0.1) is 0 Å². The topological polar surface area (TPSA) is 35.2 Å². The minimum atomic E-state index is 0.244. The predicted octanol–water partition coefficient (Wildman–Crippen LogP) is 2.27. The van der Waals surface area contributed by atoms with Crippen molar-refractivity contribution in [1.82, 2.24) is 0 Å². The highest BCUT2D eigenvalue weighted by molar-refractivity contribution is 6.25. The molecular weight excluding hydrogens is 186 g/mol. The minimum absolute atomic E-state index is 0.244. The number of halogens is 1. The first-order chi connectivity index (χ1) is 6.22. The third-order valence-electron chi connectivity index (χ3n) is 2.83. The first kappa shape index (κ1) is 11.0. The second-order valence-corrected chi connectivity index (χ2v) is 4.17. The summed E-state index contributed by atoms with van der Waals surface area (Å²) in [6.45, 7) is 4.47. The summed E-state index contributed by atoms with van der Waals surface area (Å²) in [7, 11) is 0. The lowest BCUT2D eigenvalue weighted by atomic mass is 9.76. The van der Waals surface area contributed by atoms with E-state index < -0.39 is 0 Å². The molecule has 0 aromatic carbocycles. The maximum absolute atomic E-state index is 5.82. The van der Waals surface area contributed by atoms with E-state index in [2.05, 4.69) is 6.92 Å². The summed E-state index contributed by atoms with van der Waals surface area (Å²) in [6.07, 6.45) is 3.13. The summed E-state index contributed by atoms with van der Waals surface area (Å²) in [5.41, 5.74) is 8.94. The SMILES string of the molecule is C/C(=C\Cl)CC1(CN)CCOCC1. The van der Waals surface area contributed by atoms with Gasteiger partial charge in [0.25, 0.3) is 0 Å². The Kier molecular flexibility index (Phi) is 4.23.